The van der Waals surface area contributed by atoms with Gasteiger partial charge in [-0.1, -0.05) is 12.8 Å². The molecular weight excluding hydrogens is 234 g/mol. The first kappa shape index (κ1) is 11.2. The van der Waals surface area contributed by atoms with E-state index in [1.807, 2.05) is 0 Å². The van der Waals surface area contributed by atoms with Gasteiger partial charge in [0.05, 0.1) is 0 Å². The highest BCUT2D eigenvalue weighted by Gasteiger charge is 2.37. The van der Waals surface area contributed by atoms with E-state index in [1.54, 1.807) is 0 Å². The molecule has 1 fully saturated rings. The number of nitrogens with one attached hydrogen (secondary N) is 3. The van der Waals surface area contributed by atoms with E-state index in [1.165, 1.54) is 0 Å². The molecule has 96 valence electrons. The molecule has 0 aromatic carbocycles. The molecule has 0 amide bonds. The number of hydrogen-bond donors (Lipinski definition) is 4. The zero-order chi connectivity index (χ0) is 12.8. The molecule has 7 heteroatoms. The Morgan fingerprint density at radius 3 is 2.56 bits per heavy atom. The van der Waals surface area contributed by atoms with E-state index in [2.05, 4.69) is 19.9 Å². The van der Waals surface area contributed by atoms with E-state index in [9.17, 15) is 9.59 Å². The number of hydrogen-bond acceptors (Lipinski definition) is 4. The highest BCUT2D eigenvalue weighted by molar-refractivity contribution is 5.69. The second-order valence-electron chi connectivity index (χ2n) is 4.91. The molecule has 2 aromatic rings. The summed E-state index contributed by atoms with van der Waals surface area (Å²) in [6.07, 6.45) is 4.15. The lowest BCUT2D eigenvalue weighted by molar-refractivity contribution is 0.429. The van der Waals surface area contributed by atoms with Crippen LogP contribution in [0.15, 0.2) is 9.59 Å². The van der Waals surface area contributed by atoms with Crippen molar-refractivity contribution >= 4 is 11.2 Å². The highest BCUT2D eigenvalue weighted by atomic mass is 16.2. The number of aromatic amines is 3. The van der Waals surface area contributed by atoms with Gasteiger partial charge in [-0.05, 0) is 12.8 Å². The Morgan fingerprint density at radius 2 is 1.89 bits per heavy atom. The van der Waals surface area contributed by atoms with Gasteiger partial charge in [-0.15, -0.1) is 0 Å². The molecule has 1 aliphatic carbocycles. The number of H-pyrrole nitrogens is 3. The highest BCUT2D eigenvalue weighted by Crippen LogP contribution is 2.38. The van der Waals surface area contributed by atoms with E-state index in [0.29, 0.717) is 23.5 Å². The summed E-state index contributed by atoms with van der Waals surface area (Å²) in [5, 5.41) is 0. The van der Waals surface area contributed by atoms with Crippen LogP contribution in [0.4, 0.5) is 0 Å². The fraction of sp³-hybridized carbons (Fsp3) is 0.545. The third-order valence-electron chi connectivity index (χ3n) is 3.84. The first-order chi connectivity index (χ1) is 8.64. The van der Waals surface area contributed by atoms with Gasteiger partial charge in [0.15, 0.2) is 5.65 Å². The van der Waals surface area contributed by atoms with Gasteiger partial charge in [-0.2, -0.15) is 0 Å². The zero-order valence-electron chi connectivity index (χ0n) is 9.88. The SMILES string of the molecule is NCC1(c2nc3[nH]c(=O)[nH]c(=O)c3[nH]2)CCCC1. The minimum Gasteiger partial charge on any atom is -0.336 e. The summed E-state index contributed by atoms with van der Waals surface area (Å²) >= 11 is 0. The van der Waals surface area contributed by atoms with Crippen LogP contribution in [0, 0.1) is 0 Å². The first-order valence-corrected chi connectivity index (χ1v) is 6.07. The van der Waals surface area contributed by atoms with Crippen LogP contribution in [-0.4, -0.2) is 26.5 Å². The average Bonchev–Trinajstić information content (AvgIpc) is 2.94. The molecule has 0 aliphatic heterocycles. The normalized spacial score (nSPS) is 18.5. The summed E-state index contributed by atoms with van der Waals surface area (Å²) in [4.78, 5) is 34.9. The molecule has 2 heterocycles. The topological polar surface area (TPSA) is 120 Å². The van der Waals surface area contributed by atoms with Crippen LogP contribution in [0.3, 0.4) is 0 Å². The van der Waals surface area contributed by atoms with Crippen LogP contribution in [0.5, 0.6) is 0 Å². The maximum absolute atomic E-state index is 11.6. The summed E-state index contributed by atoms with van der Waals surface area (Å²) in [5.41, 5.74) is 5.32. The quantitative estimate of drug-likeness (QED) is 0.584. The summed E-state index contributed by atoms with van der Waals surface area (Å²) in [5.74, 6) is 0.713. The fourth-order valence-electron chi connectivity index (χ4n) is 2.77. The lowest BCUT2D eigenvalue weighted by Gasteiger charge is -2.24. The molecule has 3 rings (SSSR count). The fourth-order valence-corrected chi connectivity index (χ4v) is 2.77. The summed E-state index contributed by atoms with van der Waals surface area (Å²) in [6, 6.07) is 0. The van der Waals surface area contributed by atoms with Crippen LogP contribution in [0.25, 0.3) is 11.2 Å². The second kappa shape index (κ2) is 3.81. The number of nitrogens with zero attached hydrogens (tertiary/aromatic N) is 1. The van der Waals surface area contributed by atoms with Crippen LogP contribution in [0.1, 0.15) is 31.5 Å². The minimum absolute atomic E-state index is 0.178. The zero-order valence-corrected chi connectivity index (χ0v) is 9.88. The Balaban J connectivity index is 2.22. The van der Waals surface area contributed by atoms with Crippen LogP contribution < -0.4 is 17.0 Å². The van der Waals surface area contributed by atoms with E-state index in [0.717, 1.165) is 25.7 Å². The van der Waals surface area contributed by atoms with Crippen LogP contribution in [0.2, 0.25) is 0 Å². The van der Waals surface area contributed by atoms with Gasteiger partial charge in [0, 0.05) is 12.0 Å². The Labute approximate surface area is 102 Å². The van der Waals surface area contributed by atoms with Crippen molar-refractivity contribution in [1.29, 1.82) is 0 Å². The van der Waals surface area contributed by atoms with E-state index < -0.39 is 11.2 Å². The van der Waals surface area contributed by atoms with E-state index in [4.69, 9.17) is 5.73 Å². The molecular formula is C11H15N5O2. The predicted octanol–water partition coefficient (Wildman–Crippen LogP) is -0.290. The molecule has 0 spiro atoms. The molecule has 0 radical (unpaired) electrons. The number of rotatable bonds is 2. The Morgan fingerprint density at radius 1 is 1.17 bits per heavy atom. The van der Waals surface area contributed by atoms with E-state index >= 15 is 0 Å². The molecule has 0 atom stereocenters. The second-order valence-corrected chi connectivity index (χ2v) is 4.91. The number of aromatic nitrogens is 4. The maximum Gasteiger partial charge on any atom is 0.327 e. The molecule has 0 unspecified atom stereocenters. The Hall–Kier alpha value is -1.89. The van der Waals surface area contributed by atoms with Gasteiger partial charge in [0.1, 0.15) is 11.3 Å². The van der Waals surface area contributed by atoms with Crippen molar-refractivity contribution < 1.29 is 0 Å². The summed E-state index contributed by atoms with van der Waals surface area (Å²) in [6.45, 7) is 0.495. The predicted molar refractivity (Wildman–Crippen MR) is 66.5 cm³/mol. The monoisotopic (exact) mass is 249 g/mol. The molecule has 2 aromatic heterocycles. The molecule has 7 nitrogen and oxygen atoms in total. The average molecular weight is 249 g/mol. The largest absolute Gasteiger partial charge is 0.336 e. The summed E-state index contributed by atoms with van der Waals surface area (Å²) < 4.78 is 0. The van der Waals surface area contributed by atoms with Gasteiger partial charge in [0.2, 0.25) is 0 Å². The molecule has 5 N–H and O–H groups in total. The van der Waals surface area contributed by atoms with Gasteiger partial charge in [-0.25, -0.2) is 9.78 Å². The van der Waals surface area contributed by atoms with Gasteiger partial charge < -0.3 is 10.7 Å². The molecule has 1 aliphatic rings. The Kier molecular flexibility index (Phi) is 2.37. The molecule has 1 saturated carbocycles. The molecule has 0 saturated heterocycles. The van der Waals surface area contributed by atoms with Crippen molar-refractivity contribution in [1.82, 2.24) is 19.9 Å². The Bertz CT molecular complexity index is 689. The van der Waals surface area contributed by atoms with Crippen molar-refractivity contribution in [2.45, 2.75) is 31.1 Å². The van der Waals surface area contributed by atoms with Crippen LogP contribution in [-0.2, 0) is 5.41 Å². The minimum atomic E-state index is -0.543. The van der Waals surface area contributed by atoms with E-state index in [-0.39, 0.29) is 5.41 Å². The summed E-state index contributed by atoms with van der Waals surface area (Å²) in [7, 11) is 0. The molecule has 18 heavy (non-hydrogen) atoms. The number of nitrogens with two attached hydrogens (primary N) is 1. The lowest BCUT2D eigenvalue weighted by atomic mass is 9.85. The van der Waals surface area contributed by atoms with Crippen LogP contribution >= 0.6 is 0 Å². The van der Waals surface area contributed by atoms with Gasteiger partial charge >= 0.3 is 5.69 Å². The van der Waals surface area contributed by atoms with Gasteiger partial charge in [-0.3, -0.25) is 14.8 Å². The number of imidazole rings is 1. The molecule has 0 bridgehead atoms. The van der Waals surface area contributed by atoms with Crippen molar-refractivity contribution in [2.24, 2.45) is 5.73 Å². The third kappa shape index (κ3) is 1.51. The van der Waals surface area contributed by atoms with Crippen molar-refractivity contribution in [3.8, 4) is 0 Å². The van der Waals surface area contributed by atoms with Gasteiger partial charge in [0.25, 0.3) is 5.56 Å². The smallest absolute Gasteiger partial charge is 0.327 e. The standard InChI is InChI=1S/C11H15N5O2/c12-5-11(3-1-2-4-11)9-13-6-7(14-9)15-10(18)16-8(6)17/h1-5,12H2,(H3,13,14,15,16,17,18). The van der Waals surface area contributed by atoms with Crippen molar-refractivity contribution in [3.63, 3.8) is 0 Å². The van der Waals surface area contributed by atoms with Crippen molar-refractivity contribution in [2.75, 3.05) is 6.54 Å². The first-order valence-electron chi connectivity index (χ1n) is 6.07. The maximum atomic E-state index is 11.6. The van der Waals surface area contributed by atoms with Crippen molar-refractivity contribution in [3.05, 3.63) is 26.7 Å². The number of fused-ring (bicyclic) bond motifs is 1. The lowest BCUT2D eigenvalue weighted by Crippen LogP contribution is -2.33. The third-order valence-corrected chi connectivity index (χ3v) is 3.84.